The van der Waals surface area contributed by atoms with Crippen molar-refractivity contribution in [1.29, 1.82) is 0 Å². The van der Waals surface area contributed by atoms with Gasteiger partial charge in [-0.2, -0.15) is 4.98 Å². The first-order valence-corrected chi connectivity index (χ1v) is 5.87. The van der Waals surface area contributed by atoms with E-state index in [9.17, 15) is 15.0 Å². The minimum Gasteiger partial charge on any atom is -0.412 e. The molecule has 0 unspecified atom stereocenters. The summed E-state index contributed by atoms with van der Waals surface area (Å²) in [5, 5.41) is 28.7. The van der Waals surface area contributed by atoms with Crippen LogP contribution >= 0.6 is 0 Å². The van der Waals surface area contributed by atoms with Gasteiger partial charge >= 0.3 is 0 Å². The maximum Gasteiger partial charge on any atom is 0.280 e. The summed E-state index contributed by atoms with van der Waals surface area (Å²) in [6.07, 6.45) is -3.21. The van der Waals surface area contributed by atoms with E-state index in [1.807, 2.05) is 0 Å². The van der Waals surface area contributed by atoms with Crippen LogP contribution in [0.5, 0.6) is 0 Å². The predicted molar refractivity (Wildman–Crippen MR) is 69.2 cm³/mol. The average molecular weight is 301 g/mol. The second-order valence-electron chi connectivity index (χ2n) is 4.50. The molecule has 0 aromatic carbocycles. The Kier molecular flexibility index (Phi) is 3.93. The largest absolute Gasteiger partial charge is 0.412 e. The lowest BCUT2D eigenvalue weighted by Crippen LogP contribution is -2.33. The smallest absolute Gasteiger partial charge is 0.280 e. The number of hydrogen-bond donors (Lipinski definition) is 5. The molecule has 21 heavy (non-hydrogen) atoms. The first kappa shape index (κ1) is 15.3. The van der Waals surface area contributed by atoms with Crippen molar-refractivity contribution >= 4 is 17.1 Å². The van der Waals surface area contributed by atoms with Crippen LogP contribution in [0.15, 0.2) is 11.1 Å². The standard InChI is InChI=1S/C10H13N5O5.H2O/c11-10-13-7-4(8(19)14-10)12-2-15(7)9-6(18)5(17)3(1-16)20-9;/h2-3,5-6,9,16-18H,1H2,(H3,11,13,14,19);1H2/t3-,5-,6+,9-;/m1./s1. The van der Waals surface area contributed by atoms with Crippen molar-refractivity contribution in [2.45, 2.75) is 24.5 Å². The van der Waals surface area contributed by atoms with E-state index in [1.165, 1.54) is 10.9 Å². The van der Waals surface area contributed by atoms with E-state index in [4.69, 9.17) is 15.6 Å². The Morgan fingerprint density at radius 1 is 1.43 bits per heavy atom. The number of aromatic nitrogens is 4. The van der Waals surface area contributed by atoms with Gasteiger partial charge in [0.1, 0.15) is 18.3 Å². The zero-order valence-corrected chi connectivity index (χ0v) is 10.7. The Bertz CT molecular complexity index is 699. The molecule has 0 saturated carbocycles. The number of nitrogens with zero attached hydrogens (tertiary/aromatic N) is 3. The van der Waals surface area contributed by atoms with Crippen LogP contribution in [0.2, 0.25) is 0 Å². The molecule has 4 atom stereocenters. The molecule has 3 rings (SSSR count). The molecular formula is C10H15N5O6. The van der Waals surface area contributed by atoms with Gasteiger partial charge in [0.2, 0.25) is 5.95 Å². The summed E-state index contributed by atoms with van der Waals surface area (Å²) in [5.74, 6) is -0.101. The van der Waals surface area contributed by atoms with Gasteiger partial charge in [-0.3, -0.25) is 14.3 Å². The van der Waals surface area contributed by atoms with Crippen LogP contribution in [-0.4, -0.2) is 65.2 Å². The minimum atomic E-state index is -1.29. The molecule has 0 aliphatic carbocycles. The summed E-state index contributed by atoms with van der Waals surface area (Å²) in [6, 6.07) is 0. The fraction of sp³-hybridized carbons (Fsp3) is 0.500. The summed E-state index contributed by atoms with van der Waals surface area (Å²) in [4.78, 5) is 21.8. The van der Waals surface area contributed by atoms with E-state index in [-0.39, 0.29) is 22.6 Å². The lowest BCUT2D eigenvalue weighted by atomic mass is 10.1. The van der Waals surface area contributed by atoms with E-state index < -0.39 is 36.7 Å². The van der Waals surface area contributed by atoms with Gasteiger partial charge in [-0.1, -0.05) is 0 Å². The number of aliphatic hydroxyl groups excluding tert-OH is 3. The van der Waals surface area contributed by atoms with Gasteiger partial charge in [0.25, 0.3) is 5.56 Å². The van der Waals surface area contributed by atoms with Crippen molar-refractivity contribution in [1.82, 2.24) is 19.5 Å². The van der Waals surface area contributed by atoms with Gasteiger partial charge in [0.15, 0.2) is 17.4 Å². The van der Waals surface area contributed by atoms with Crippen molar-refractivity contribution in [3.63, 3.8) is 0 Å². The quantitative estimate of drug-likeness (QED) is 0.377. The number of H-pyrrole nitrogens is 1. The number of rotatable bonds is 2. The topological polar surface area (TPSA) is 191 Å². The van der Waals surface area contributed by atoms with E-state index in [2.05, 4.69) is 15.0 Å². The molecule has 2 aromatic heterocycles. The van der Waals surface area contributed by atoms with Gasteiger partial charge in [-0.25, -0.2) is 4.98 Å². The Morgan fingerprint density at radius 3 is 2.76 bits per heavy atom. The van der Waals surface area contributed by atoms with Crippen LogP contribution in [0.1, 0.15) is 6.23 Å². The van der Waals surface area contributed by atoms with E-state index in [0.717, 1.165) is 0 Å². The summed E-state index contributed by atoms with van der Waals surface area (Å²) in [7, 11) is 0. The predicted octanol–water partition coefficient (Wildman–Crippen LogP) is -3.51. The molecule has 1 aliphatic rings. The van der Waals surface area contributed by atoms with Crippen LogP contribution in [0.4, 0.5) is 5.95 Å². The Hall–Kier alpha value is -2.05. The fourth-order valence-electron chi connectivity index (χ4n) is 2.24. The van der Waals surface area contributed by atoms with E-state index >= 15 is 0 Å². The number of anilines is 1. The Morgan fingerprint density at radius 2 is 2.14 bits per heavy atom. The van der Waals surface area contributed by atoms with Gasteiger partial charge in [-0.15, -0.1) is 0 Å². The summed E-state index contributed by atoms with van der Waals surface area (Å²) in [5.41, 5.74) is 5.12. The monoisotopic (exact) mass is 301 g/mol. The van der Waals surface area contributed by atoms with Gasteiger partial charge in [0, 0.05) is 0 Å². The van der Waals surface area contributed by atoms with Gasteiger partial charge in [-0.05, 0) is 0 Å². The highest BCUT2D eigenvalue weighted by molar-refractivity contribution is 5.70. The summed E-state index contributed by atoms with van der Waals surface area (Å²) in [6.45, 7) is -0.447. The summed E-state index contributed by atoms with van der Waals surface area (Å²) >= 11 is 0. The number of hydrogen-bond acceptors (Lipinski definition) is 8. The van der Waals surface area contributed by atoms with Crippen molar-refractivity contribution in [2.24, 2.45) is 0 Å². The molecule has 8 N–H and O–H groups in total. The van der Waals surface area contributed by atoms with Crippen LogP contribution in [0.25, 0.3) is 11.2 Å². The summed E-state index contributed by atoms with van der Waals surface area (Å²) < 4.78 is 6.64. The highest BCUT2D eigenvalue weighted by Gasteiger charge is 2.44. The van der Waals surface area contributed by atoms with Crippen LogP contribution in [0, 0.1) is 0 Å². The molecule has 2 aromatic rings. The maximum absolute atomic E-state index is 11.7. The van der Waals surface area contributed by atoms with Crippen LogP contribution in [-0.2, 0) is 4.74 Å². The van der Waals surface area contributed by atoms with Crippen LogP contribution < -0.4 is 11.3 Å². The Labute approximate surface area is 116 Å². The van der Waals surface area contributed by atoms with Crippen molar-refractivity contribution in [3.8, 4) is 0 Å². The van der Waals surface area contributed by atoms with Crippen molar-refractivity contribution < 1.29 is 25.5 Å². The van der Waals surface area contributed by atoms with E-state index in [0.29, 0.717) is 0 Å². The lowest BCUT2D eigenvalue weighted by molar-refractivity contribution is -0.0511. The average Bonchev–Trinajstić information content (AvgIpc) is 2.93. The molecule has 0 amide bonds. The highest BCUT2D eigenvalue weighted by Crippen LogP contribution is 2.30. The first-order valence-electron chi connectivity index (χ1n) is 5.87. The minimum absolute atomic E-state index is 0. The molecule has 1 aliphatic heterocycles. The van der Waals surface area contributed by atoms with Crippen molar-refractivity contribution in [2.75, 3.05) is 12.3 Å². The molecule has 11 heteroatoms. The van der Waals surface area contributed by atoms with Crippen LogP contribution in [0.3, 0.4) is 0 Å². The molecule has 0 radical (unpaired) electrons. The third-order valence-electron chi connectivity index (χ3n) is 3.24. The number of fused-ring (bicyclic) bond motifs is 1. The first-order chi connectivity index (χ1) is 9.52. The second kappa shape index (κ2) is 5.38. The lowest BCUT2D eigenvalue weighted by Gasteiger charge is -2.16. The van der Waals surface area contributed by atoms with Gasteiger partial charge in [0.05, 0.1) is 12.9 Å². The zero-order chi connectivity index (χ0) is 14.4. The number of imidazole rings is 1. The highest BCUT2D eigenvalue weighted by atomic mass is 16.6. The maximum atomic E-state index is 11.7. The number of nitrogens with one attached hydrogen (secondary N) is 1. The molecule has 1 saturated heterocycles. The second-order valence-corrected chi connectivity index (χ2v) is 4.50. The number of nitrogens with two attached hydrogens (primary N) is 1. The van der Waals surface area contributed by atoms with Crippen molar-refractivity contribution in [3.05, 3.63) is 16.7 Å². The molecule has 3 heterocycles. The third-order valence-corrected chi connectivity index (χ3v) is 3.24. The number of aliphatic hydroxyl groups is 3. The third kappa shape index (κ3) is 2.26. The molecular weight excluding hydrogens is 286 g/mol. The zero-order valence-electron chi connectivity index (χ0n) is 10.7. The molecule has 1 fully saturated rings. The SMILES string of the molecule is Nc1nc2c(ncn2[C@@H]2O[C@H](CO)[C@@H](O)[C@@H]2O)c(=O)[nH]1.O. The fourth-order valence-corrected chi connectivity index (χ4v) is 2.24. The van der Waals surface area contributed by atoms with E-state index in [1.54, 1.807) is 0 Å². The molecule has 0 spiro atoms. The van der Waals surface area contributed by atoms with Gasteiger partial charge < -0.3 is 31.3 Å². The molecule has 116 valence electrons. The molecule has 0 bridgehead atoms. The number of aromatic amines is 1. The number of nitrogen functional groups attached to an aromatic ring is 1. The molecule has 11 nitrogen and oxygen atoms in total. The number of ether oxygens (including phenoxy) is 1. The normalized spacial score (nSPS) is 28.7. The Balaban J connectivity index is 0.00000161.